The molecule has 3 aromatic rings. The molecule has 0 saturated heterocycles. The number of aromatic nitrogens is 1. The fourth-order valence-electron chi connectivity index (χ4n) is 2.46. The minimum absolute atomic E-state index is 0.389. The highest BCUT2D eigenvalue weighted by atomic mass is 16.3. The van der Waals surface area contributed by atoms with E-state index in [4.69, 9.17) is 4.42 Å². The molecule has 96 valence electrons. The summed E-state index contributed by atoms with van der Waals surface area (Å²) in [4.78, 5) is 10.8. The molecule has 3 rings (SSSR count). The van der Waals surface area contributed by atoms with Crippen molar-refractivity contribution >= 4 is 17.2 Å². The van der Waals surface area contributed by atoms with Gasteiger partial charge in [-0.3, -0.25) is 4.79 Å². The van der Waals surface area contributed by atoms with Crippen LogP contribution >= 0.6 is 0 Å². The zero-order valence-electron chi connectivity index (χ0n) is 11.0. The van der Waals surface area contributed by atoms with Crippen LogP contribution in [-0.4, -0.2) is 10.9 Å². The Balaban J connectivity index is 2.17. The zero-order valence-corrected chi connectivity index (χ0v) is 11.0. The first-order valence-corrected chi connectivity index (χ1v) is 6.36. The Labute approximate surface area is 111 Å². The molecule has 0 unspecified atom stereocenters. The smallest absolute Gasteiger partial charge is 0.185 e. The van der Waals surface area contributed by atoms with Gasteiger partial charge in [-0.05, 0) is 29.8 Å². The van der Waals surface area contributed by atoms with Crippen LogP contribution in [0.15, 0.2) is 40.9 Å². The monoisotopic (exact) mass is 253 g/mol. The van der Waals surface area contributed by atoms with Crippen LogP contribution in [0.2, 0.25) is 0 Å². The van der Waals surface area contributed by atoms with Gasteiger partial charge in [-0.1, -0.05) is 13.0 Å². The van der Waals surface area contributed by atoms with Crippen molar-refractivity contribution < 1.29 is 9.21 Å². The maximum absolute atomic E-state index is 10.8. The average molecular weight is 253 g/mol. The Hall–Kier alpha value is -2.29. The molecule has 2 aromatic heterocycles. The number of fused-ring (bicyclic) bond motifs is 1. The molecule has 2 heterocycles. The number of benzene rings is 1. The second kappa shape index (κ2) is 4.43. The number of hydrogen-bond acceptors (Lipinski definition) is 2. The lowest BCUT2D eigenvalue weighted by Gasteiger charge is -2.02. The van der Waals surface area contributed by atoms with E-state index in [0.717, 1.165) is 29.6 Å². The largest absolute Gasteiger partial charge is 0.458 e. The summed E-state index contributed by atoms with van der Waals surface area (Å²) in [6.45, 7) is 2.03. The molecule has 0 saturated carbocycles. The Morgan fingerprint density at radius 3 is 2.84 bits per heavy atom. The summed E-state index contributed by atoms with van der Waals surface area (Å²) in [5, 5.41) is 1.19. The van der Waals surface area contributed by atoms with E-state index >= 15 is 0 Å². The average Bonchev–Trinajstić information content (AvgIpc) is 3.02. The van der Waals surface area contributed by atoms with Crippen molar-refractivity contribution in [3.05, 3.63) is 48.0 Å². The van der Waals surface area contributed by atoms with E-state index in [0.29, 0.717) is 5.76 Å². The van der Waals surface area contributed by atoms with Gasteiger partial charge < -0.3 is 8.98 Å². The van der Waals surface area contributed by atoms with Crippen LogP contribution in [0, 0.1) is 0 Å². The summed E-state index contributed by atoms with van der Waals surface area (Å²) >= 11 is 0. The van der Waals surface area contributed by atoms with Gasteiger partial charge in [0.15, 0.2) is 12.0 Å². The van der Waals surface area contributed by atoms with Crippen molar-refractivity contribution in [2.45, 2.75) is 13.3 Å². The molecule has 0 radical (unpaired) electrons. The van der Waals surface area contributed by atoms with Gasteiger partial charge in [0.05, 0.1) is 0 Å². The molecule has 3 nitrogen and oxygen atoms in total. The summed E-state index contributed by atoms with van der Waals surface area (Å²) in [5.74, 6) is 1.25. The number of carbonyl (C=O) groups is 1. The van der Waals surface area contributed by atoms with Crippen molar-refractivity contribution in [2.75, 3.05) is 0 Å². The first-order chi connectivity index (χ1) is 9.22. The third-order valence-electron chi connectivity index (χ3n) is 3.46. The molecular weight excluding hydrogens is 238 g/mol. The molecule has 0 aliphatic carbocycles. The van der Waals surface area contributed by atoms with Gasteiger partial charge in [0.1, 0.15) is 5.76 Å². The molecule has 0 aliphatic heterocycles. The highest BCUT2D eigenvalue weighted by Crippen LogP contribution is 2.30. The lowest BCUT2D eigenvalue weighted by Crippen LogP contribution is -1.85. The normalized spacial score (nSPS) is 11.1. The van der Waals surface area contributed by atoms with E-state index in [2.05, 4.69) is 28.8 Å². The first kappa shape index (κ1) is 11.8. The fraction of sp³-hybridized carbons (Fsp3) is 0.188. The zero-order chi connectivity index (χ0) is 13.4. The Morgan fingerprint density at radius 1 is 1.26 bits per heavy atom. The molecule has 3 heteroatoms. The van der Waals surface area contributed by atoms with Crippen molar-refractivity contribution in [3.63, 3.8) is 0 Å². The number of hydrogen-bond donors (Lipinski definition) is 0. The molecule has 0 aliphatic rings. The molecule has 0 N–H and O–H groups in total. The predicted octanol–water partition coefficient (Wildman–Crippen LogP) is 3.81. The number of aldehydes is 1. The second-order valence-corrected chi connectivity index (χ2v) is 4.66. The first-order valence-electron chi connectivity index (χ1n) is 6.36. The van der Waals surface area contributed by atoms with Crippen molar-refractivity contribution in [1.82, 2.24) is 4.57 Å². The van der Waals surface area contributed by atoms with Crippen molar-refractivity contribution in [2.24, 2.45) is 7.05 Å². The number of nitrogens with zero attached hydrogens (tertiary/aromatic N) is 1. The van der Waals surface area contributed by atoms with Crippen LogP contribution in [-0.2, 0) is 13.5 Å². The highest BCUT2D eigenvalue weighted by Gasteiger charge is 2.12. The van der Waals surface area contributed by atoms with Gasteiger partial charge in [0.25, 0.3) is 0 Å². The van der Waals surface area contributed by atoms with E-state index in [9.17, 15) is 4.79 Å². The molecule has 0 spiro atoms. The van der Waals surface area contributed by atoms with Gasteiger partial charge in [0, 0.05) is 36.1 Å². The van der Waals surface area contributed by atoms with Crippen LogP contribution in [0.4, 0.5) is 0 Å². The second-order valence-electron chi connectivity index (χ2n) is 4.66. The van der Waals surface area contributed by atoms with Gasteiger partial charge >= 0.3 is 0 Å². The van der Waals surface area contributed by atoms with E-state index in [1.165, 1.54) is 10.9 Å². The molecule has 0 amide bonds. The lowest BCUT2D eigenvalue weighted by molar-refractivity contribution is 0.109. The summed E-state index contributed by atoms with van der Waals surface area (Å²) in [6, 6.07) is 10.2. The molecule has 0 fully saturated rings. The SMILES string of the molecule is CCc1oc(C=O)cc1-c1ccc2c(ccn2C)c1. The summed E-state index contributed by atoms with van der Waals surface area (Å²) in [6.07, 6.45) is 3.57. The highest BCUT2D eigenvalue weighted by molar-refractivity contribution is 5.87. The maximum Gasteiger partial charge on any atom is 0.185 e. The van der Waals surface area contributed by atoms with E-state index in [1.54, 1.807) is 0 Å². The van der Waals surface area contributed by atoms with Crippen molar-refractivity contribution in [3.8, 4) is 11.1 Å². The Kier molecular flexibility index (Phi) is 2.75. The Bertz CT molecular complexity index is 749. The topological polar surface area (TPSA) is 35.1 Å². The predicted molar refractivity (Wildman–Crippen MR) is 75.4 cm³/mol. The van der Waals surface area contributed by atoms with Gasteiger partial charge in [-0.2, -0.15) is 0 Å². The van der Waals surface area contributed by atoms with Crippen LogP contribution in [0.5, 0.6) is 0 Å². The van der Waals surface area contributed by atoms with E-state index in [1.807, 2.05) is 26.2 Å². The summed E-state index contributed by atoms with van der Waals surface area (Å²) < 4.78 is 7.60. The number of furan rings is 1. The quantitative estimate of drug-likeness (QED) is 0.665. The van der Waals surface area contributed by atoms with Crippen LogP contribution in [0.3, 0.4) is 0 Å². The van der Waals surface area contributed by atoms with Gasteiger partial charge in [-0.15, -0.1) is 0 Å². The van der Waals surface area contributed by atoms with E-state index < -0.39 is 0 Å². The molecule has 19 heavy (non-hydrogen) atoms. The number of carbonyl (C=O) groups excluding carboxylic acids is 1. The molecule has 0 bridgehead atoms. The van der Waals surface area contributed by atoms with Crippen LogP contribution < -0.4 is 0 Å². The number of aryl methyl sites for hydroxylation is 2. The fourth-order valence-corrected chi connectivity index (χ4v) is 2.46. The van der Waals surface area contributed by atoms with E-state index in [-0.39, 0.29) is 0 Å². The van der Waals surface area contributed by atoms with Crippen LogP contribution in [0.25, 0.3) is 22.0 Å². The standard InChI is InChI=1S/C16H15NO2/c1-3-16-14(9-13(10-18)19-16)11-4-5-15-12(8-11)6-7-17(15)2/h4-10H,3H2,1-2H3. The van der Waals surface area contributed by atoms with Crippen LogP contribution in [0.1, 0.15) is 23.2 Å². The molecule has 1 aromatic carbocycles. The van der Waals surface area contributed by atoms with Gasteiger partial charge in [0.2, 0.25) is 0 Å². The minimum Gasteiger partial charge on any atom is -0.458 e. The minimum atomic E-state index is 0.389. The lowest BCUT2D eigenvalue weighted by atomic mass is 10.0. The Morgan fingerprint density at radius 2 is 2.11 bits per heavy atom. The maximum atomic E-state index is 10.8. The number of rotatable bonds is 3. The third-order valence-corrected chi connectivity index (χ3v) is 3.46. The third kappa shape index (κ3) is 1.87. The molecule has 0 atom stereocenters. The summed E-state index contributed by atoms with van der Waals surface area (Å²) in [5.41, 5.74) is 3.30. The summed E-state index contributed by atoms with van der Waals surface area (Å²) in [7, 11) is 2.03. The van der Waals surface area contributed by atoms with Crippen molar-refractivity contribution in [1.29, 1.82) is 0 Å². The molecular formula is C16H15NO2. The van der Waals surface area contributed by atoms with Gasteiger partial charge in [-0.25, -0.2) is 0 Å².